The smallest absolute Gasteiger partial charge is 0.311 e. The zero-order valence-corrected chi connectivity index (χ0v) is 18.8. The van der Waals surface area contributed by atoms with Gasteiger partial charge in [-0.3, -0.25) is 4.79 Å². The molecule has 0 aliphatic carbocycles. The fraction of sp³-hybridized carbons (Fsp3) is 0.364. The number of amides is 1. The molecule has 0 saturated carbocycles. The van der Waals surface area contributed by atoms with Crippen LogP contribution in [0.25, 0.3) is 5.69 Å². The topological polar surface area (TPSA) is 110 Å². The Kier molecular flexibility index (Phi) is 5.59. The van der Waals surface area contributed by atoms with E-state index < -0.39 is 15.7 Å². The summed E-state index contributed by atoms with van der Waals surface area (Å²) in [6.45, 7) is 1.33. The number of para-hydroxylation sites is 1. The summed E-state index contributed by atoms with van der Waals surface area (Å²) < 4.78 is 29.5. The number of rotatable bonds is 5. The van der Waals surface area contributed by atoms with E-state index in [1.807, 2.05) is 6.07 Å². The fourth-order valence-corrected chi connectivity index (χ4v) is 5.96. The second-order valence-corrected chi connectivity index (χ2v) is 10.2. The van der Waals surface area contributed by atoms with Crippen molar-refractivity contribution in [3.8, 4) is 5.69 Å². The molecule has 5 rings (SSSR count). The van der Waals surface area contributed by atoms with Crippen molar-refractivity contribution < 1.29 is 13.2 Å². The lowest BCUT2D eigenvalue weighted by Gasteiger charge is -2.30. The van der Waals surface area contributed by atoms with Gasteiger partial charge in [0.1, 0.15) is 6.54 Å². The lowest BCUT2D eigenvalue weighted by Crippen LogP contribution is -2.40. The van der Waals surface area contributed by atoms with Crippen LogP contribution in [0.15, 0.2) is 58.2 Å². The highest BCUT2D eigenvalue weighted by atomic mass is 32.2. The van der Waals surface area contributed by atoms with Crippen LogP contribution in [0.2, 0.25) is 0 Å². The molecular weight excluding hydrogens is 444 g/mol. The molecule has 1 fully saturated rings. The minimum atomic E-state index is -3.52. The number of carbonyl (C=O) groups is 1. The molecule has 0 bridgehead atoms. The number of tetrazole rings is 1. The Morgan fingerprint density at radius 3 is 2.45 bits per heavy atom. The number of aryl methyl sites for hydroxylation is 1. The third kappa shape index (κ3) is 3.98. The van der Waals surface area contributed by atoms with Crippen molar-refractivity contribution in [1.82, 2.24) is 24.1 Å². The van der Waals surface area contributed by atoms with Crippen molar-refractivity contribution in [3.05, 3.63) is 64.6 Å². The number of hydrogen-bond donors (Lipinski definition) is 0. The Labute approximate surface area is 191 Å². The summed E-state index contributed by atoms with van der Waals surface area (Å²) in [5.41, 5.74) is 1.56. The zero-order valence-electron chi connectivity index (χ0n) is 18.0. The van der Waals surface area contributed by atoms with Gasteiger partial charge < -0.3 is 4.90 Å². The van der Waals surface area contributed by atoms with Gasteiger partial charge in [0.25, 0.3) is 0 Å². The standard InChI is InChI=1S/C22H24N6O4S/c29-21(16-27-22(30)28(24-23-27)18-8-2-1-3-9-18)26-14-6-7-17-15-19(10-11-20(17)26)33(31,32)25-12-4-5-13-25/h1-3,8-11,15H,4-7,12-14,16H2. The molecule has 0 atom stereocenters. The first-order chi connectivity index (χ1) is 15.9. The van der Waals surface area contributed by atoms with E-state index in [4.69, 9.17) is 0 Å². The van der Waals surface area contributed by atoms with Crippen molar-refractivity contribution in [2.75, 3.05) is 24.5 Å². The summed E-state index contributed by atoms with van der Waals surface area (Å²) in [6, 6.07) is 13.8. The molecule has 1 amide bonds. The molecule has 1 aromatic heterocycles. The molecule has 0 radical (unpaired) electrons. The average Bonchev–Trinajstić information content (AvgIpc) is 3.50. The molecule has 0 spiro atoms. The van der Waals surface area contributed by atoms with Crippen molar-refractivity contribution in [3.63, 3.8) is 0 Å². The van der Waals surface area contributed by atoms with Crippen LogP contribution in [0.3, 0.4) is 0 Å². The van der Waals surface area contributed by atoms with Gasteiger partial charge in [-0.05, 0) is 72.0 Å². The highest BCUT2D eigenvalue weighted by Gasteiger charge is 2.30. The molecule has 10 nitrogen and oxygen atoms in total. The van der Waals surface area contributed by atoms with Crippen LogP contribution in [0.4, 0.5) is 5.69 Å². The predicted molar refractivity (Wildman–Crippen MR) is 121 cm³/mol. The van der Waals surface area contributed by atoms with E-state index in [1.54, 1.807) is 47.4 Å². The molecule has 3 aromatic rings. The molecular formula is C22H24N6O4S. The second-order valence-electron chi connectivity index (χ2n) is 8.22. The van der Waals surface area contributed by atoms with Gasteiger partial charge in [0.15, 0.2) is 0 Å². The summed E-state index contributed by atoms with van der Waals surface area (Å²) in [5, 5.41) is 7.74. The highest BCUT2D eigenvalue weighted by Crippen LogP contribution is 2.31. The van der Waals surface area contributed by atoms with Gasteiger partial charge in [-0.25, -0.2) is 13.2 Å². The first kappa shape index (κ1) is 21.5. The average molecular weight is 469 g/mol. The SMILES string of the molecule is O=C(Cn1nnn(-c2ccccc2)c1=O)N1CCCc2cc(S(=O)(=O)N3CCCC3)ccc21. The van der Waals surface area contributed by atoms with E-state index in [0.29, 0.717) is 43.9 Å². The number of carbonyl (C=O) groups excluding carboxylic acids is 1. The highest BCUT2D eigenvalue weighted by molar-refractivity contribution is 7.89. The summed E-state index contributed by atoms with van der Waals surface area (Å²) in [7, 11) is -3.52. The van der Waals surface area contributed by atoms with Crippen LogP contribution in [0, 0.1) is 0 Å². The summed E-state index contributed by atoms with van der Waals surface area (Å²) in [6.07, 6.45) is 3.14. The number of benzene rings is 2. The Morgan fingerprint density at radius 2 is 1.70 bits per heavy atom. The van der Waals surface area contributed by atoms with Crippen LogP contribution < -0.4 is 10.6 Å². The van der Waals surface area contributed by atoms with Gasteiger partial charge in [0.05, 0.1) is 10.6 Å². The van der Waals surface area contributed by atoms with E-state index >= 15 is 0 Å². The van der Waals surface area contributed by atoms with Gasteiger partial charge in [0.2, 0.25) is 15.9 Å². The lowest BCUT2D eigenvalue weighted by molar-refractivity contribution is -0.119. The number of hydrogen-bond acceptors (Lipinski definition) is 6. The Morgan fingerprint density at radius 1 is 0.939 bits per heavy atom. The van der Waals surface area contributed by atoms with E-state index in [2.05, 4.69) is 10.4 Å². The van der Waals surface area contributed by atoms with E-state index in [0.717, 1.165) is 27.8 Å². The first-order valence-corrected chi connectivity index (χ1v) is 12.4. The van der Waals surface area contributed by atoms with Crippen LogP contribution >= 0.6 is 0 Å². The number of sulfonamides is 1. The third-order valence-corrected chi connectivity index (χ3v) is 7.99. The Hall–Kier alpha value is -3.31. The first-order valence-electron chi connectivity index (χ1n) is 11.0. The van der Waals surface area contributed by atoms with E-state index in [9.17, 15) is 18.0 Å². The van der Waals surface area contributed by atoms with Crippen LogP contribution in [0.5, 0.6) is 0 Å². The molecule has 3 heterocycles. The molecule has 2 aromatic carbocycles. The van der Waals surface area contributed by atoms with Crippen molar-refractivity contribution >= 4 is 21.6 Å². The van der Waals surface area contributed by atoms with Gasteiger partial charge >= 0.3 is 5.69 Å². The molecule has 0 N–H and O–H groups in total. The lowest BCUT2D eigenvalue weighted by atomic mass is 10.0. The number of aromatic nitrogens is 4. The van der Waals surface area contributed by atoms with Gasteiger partial charge in [0, 0.05) is 25.3 Å². The number of nitrogens with zero attached hydrogens (tertiary/aromatic N) is 6. The molecule has 2 aliphatic rings. The molecule has 0 unspecified atom stereocenters. The molecule has 2 aliphatic heterocycles. The Bertz CT molecular complexity index is 1340. The largest absolute Gasteiger partial charge is 0.368 e. The minimum Gasteiger partial charge on any atom is -0.311 e. The van der Waals surface area contributed by atoms with E-state index in [1.165, 1.54) is 4.31 Å². The van der Waals surface area contributed by atoms with Crippen molar-refractivity contribution in [2.45, 2.75) is 37.1 Å². The maximum absolute atomic E-state index is 13.1. The normalized spacial score (nSPS) is 16.7. The zero-order chi connectivity index (χ0) is 23.0. The third-order valence-electron chi connectivity index (χ3n) is 6.10. The monoisotopic (exact) mass is 468 g/mol. The molecule has 33 heavy (non-hydrogen) atoms. The van der Waals surface area contributed by atoms with Gasteiger partial charge in [-0.2, -0.15) is 13.7 Å². The van der Waals surface area contributed by atoms with Gasteiger partial charge in [-0.1, -0.05) is 18.2 Å². The maximum atomic E-state index is 13.1. The quantitative estimate of drug-likeness (QED) is 0.556. The molecule has 172 valence electrons. The fourth-order valence-electron chi connectivity index (χ4n) is 4.39. The Balaban J connectivity index is 1.38. The van der Waals surface area contributed by atoms with Crippen LogP contribution in [-0.4, -0.2) is 58.1 Å². The molecule has 11 heteroatoms. The predicted octanol–water partition coefficient (Wildman–Crippen LogP) is 1.19. The summed E-state index contributed by atoms with van der Waals surface area (Å²) >= 11 is 0. The van der Waals surface area contributed by atoms with E-state index in [-0.39, 0.29) is 17.3 Å². The van der Waals surface area contributed by atoms with Gasteiger partial charge in [-0.15, -0.1) is 0 Å². The van der Waals surface area contributed by atoms with Crippen LogP contribution in [-0.2, 0) is 27.8 Å². The van der Waals surface area contributed by atoms with Crippen LogP contribution in [0.1, 0.15) is 24.8 Å². The molecule has 1 saturated heterocycles. The maximum Gasteiger partial charge on any atom is 0.368 e. The van der Waals surface area contributed by atoms with Crippen molar-refractivity contribution in [2.24, 2.45) is 0 Å². The second kappa shape index (κ2) is 8.56. The summed E-state index contributed by atoms with van der Waals surface area (Å²) in [4.78, 5) is 27.6. The number of anilines is 1. The summed E-state index contributed by atoms with van der Waals surface area (Å²) in [5.74, 6) is -0.298. The number of fused-ring (bicyclic) bond motifs is 1. The minimum absolute atomic E-state index is 0.251. The van der Waals surface area contributed by atoms with Crippen molar-refractivity contribution in [1.29, 1.82) is 0 Å².